The number of imide groups is 1. The number of benzene rings is 1. The number of hydrogen-bond acceptors (Lipinski definition) is 5. The van der Waals surface area contributed by atoms with E-state index in [1.165, 1.54) is 26.1 Å². The molecule has 0 bridgehead atoms. The lowest BCUT2D eigenvalue weighted by atomic mass is 10.2. The van der Waals surface area contributed by atoms with Crippen molar-refractivity contribution in [1.29, 1.82) is 5.41 Å². The van der Waals surface area contributed by atoms with E-state index in [2.05, 4.69) is 4.72 Å². The van der Waals surface area contributed by atoms with Gasteiger partial charge in [-0.3, -0.25) is 4.90 Å². The van der Waals surface area contributed by atoms with Gasteiger partial charge in [-0.05, 0) is 44.0 Å². The highest BCUT2D eigenvalue weighted by atomic mass is 35.5. The molecule has 0 heterocycles. The molecule has 9 heteroatoms. The van der Waals surface area contributed by atoms with Crippen LogP contribution in [0.4, 0.5) is 9.59 Å². The third kappa shape index (κ3) is 4.00. The number of hydrogen-bond donors (Lipinski definition) is 2. The fraction of sp³-hybridized carbons (Fsp3) is 0.400. The summed E-state index contributed by atoms with van der Waals surface area (Å²) in [5.74, 6) is 0. The van der Waals surface area contributed by atoms with Crippen molar-refractivity contribution in [3.63, 3.8) is 0 Å². The van der Waals surface area contributed by atoms with Gasteiger partial charge in [0, 0.05) is 24.0 Å². The average molecular weight is 374 g/mol. The summed E-state index contributed by atoms with van der Waals surface area (Å²) in [7, 11) is 4.31. The van der Waals surface area contributed by atoms with Crippen LogP contribution in [0.2, 0.25) is 5.02 Å². The number of amidine groups is 1. The Hall–Kier alpha value is -1.77. The second kappa shape index (κ2) is 8.36. The fourth-order valence-corrected chi connectivity index (χ4v) is 3.06. The molecule has 1 atom stereocenters. The lowest BCUT2D eigenvalue weighted by Crippen LogP contribution is -2.69. The lowest BCUT2D eigenvalue weighted by Gasteiger charge is -2.35. The smallest absolute Gasteiger partial charge is 0.439 e. The first-order chi connectivity index (χ1) is 11.2. The minimum Gasteiger partial charge on any atom is -0.439 e. The highest BCUT2D eigenvalue weighted by Gasteiger charge is 2.55. The van der Waals surface area contributed by atoms with Crippen molar-refractivity contribution < 1.29 is 18.8 Å². The molecule has 0 aliphatic carbocycles. The van der Waals surface area contributed by atoms with Crippen molar-refractivity contribution in [1.82, 2.24) is 9.62 Å². The Morgan fingerprint density at radius 2 is 2.00 bits per heavy atom. The summed E-state index contributed by atoms with van der Waals surface area (Å²) in [6.45, 7) is 3.36. The number of carbonyl (C=O) groups excluding carboxylic acids is 2. The van der Waals surface area contributed by atoms with Gasteiger partial charge in [-0.2, -0.15) is 0 Å². The maximum atomic E-state index is 12.9. The van der Waals surface area contributed by atoms with Gasteiger partial charge in [0.25, 0.3) is 0 Å². The Balaban J connectivity index is 3.16. The molecular formula is C15H22ClN4O3S+. The largest absolute Gasteiger partial charge is 0.445 e. The van der Waals surface area contributed by atoms with Gasteiger partial charge in [0.05, 0.1) is 7.11 Å². The Bertz CT molecular complexity index is 639. The Morgan fingerprint density at radius 3 is 2.46 bits per heavy atom. The molecule has 0 saturated heterocycles. The Morgan fingerprint density at radius 1 is 1.38 bits per heavy atom. The number of halogens is 1. The quantitative estimate of drug-likeness (QED) is 0.367. The van der Waals surface area contributed by atoms with Crippen molar-refractivity contribution in [2.75, 3.05) is 21.2 Å². The van der Waals surface area contributed by atoms with Crippen molar-refractivity contribution >= 4 is 41.6 Å². The van der Waals surface area contributed by atoms with Gasteiger partial charge in [-0.25, -0.2) is 19.7 Å². The van der Waals surface area contributed by atoms with Crippen LogP contribution >= 0.6 is 23.5 Å². The number of ether oxygens (including phenoxy) is 1. The van der Waals surface area contributed by atoms with E-state index in [-0.39, 0.29) is 0 Å². The third-order valence-electron chi connectivity index (χ3n) is 3.35. The first kappa shape index (κ1) is 20.3. The van der Waals surface area contributed by atoms with Gasteiger partial charge in [0.2, 0.25) is 0 Å². The molecule has 0 saturated carbocycles. The summed E-state index contributed by atoms with van der Waals surface area (Å²) >= 11 is 6.94. The van der Waals surface area contributed by atoms with E-state index >= 15 is 0 Å². The predicted molar refractivity (Wildman–Crippen MR) is 95.1 cm³/mol. The molecule has 0 spiro atoms. The van der Waals surface area contributed by atoms with Gasteiger partial charge < -0.3 is 4.74 Å². The predicted octanol–water partition coefficient (Wildman–Crippen LogP) is 3.54. The van der Waals surface area contributed by atoms with E-state index in [1.54, 1.807) is 38.1 Å². The molecular weight excluding hydrogens is 352 g/mol. The number of methoxy groups -OCH3 is 1. The van der Waals surface area contributed by atoms with Gasteiger partial charge in [-0.15, -0.1) is 0 Å². The van der Waals surface area contributed by atoms with Crippen LogP contribution in [0.15, 0.2) is 29.2 Å². The normalized spacial score (nSPS) is 13.1. The summed E-state index contributed by atoms with van der Waals surface area (Å²) in [6, 6.07) is 4.71. The fourth-order valence-electron chi connectivity index (χ4n) is 2.12. The standard InChI is InChI=1S/C15H21ClN4O3S/c1-10(2)20(13(17)23-5,15(22)19(3)4)14(21)18-24-12-8-6-7-11(16)9-12/h6-10,17H,1-5H3/p+1. The van der Waals surface area contributed by atoms with Crippen LogP contribution < -0.4 is 4.72 Å². The van der Waals surface area contributed by atoms with Gasteiger partial charge >= 0.3 is 18.1 Å². The zero-order chi connectivity index (χ0) is 18.5. The van der Waals surface area contributed by atoms with Crippen LogP contribution in [0.1, 0.15) is 13.8 Å². The Kier molecular flexibility index (Phi) is 7.07. The summed E-state index contributed by atoms with van der Waals surface area (Å²) in [4.78, 5) is 27.5. The molecule has 0 aromatic heterocycles. The summed E-state index contributed by atoms with van der Waals surface area (Å²) in [5.41, 5.74) is 0. The zero-order valence-corrected chi connectivity index (χ0v) is 15.9. The van der Waals surface area contributed by atoms with Crippen molar-refractivity contribution in [3.8, 4) is 0 Å². The maximum Gasteiger partial charge on any atom is 0.445 e. The van der Waals surface area contributed by atoms with Crippen molar-refractivity contribution in [2.45, 2.75) is 24.8 Å². The van der Waals surface area contributed by atoms with Gasteiger partial charge in [0.15, 0.2) is 0 Å². The molecule has 0 aliphatic heterocycles. The molecule has 1 unspecified atom stereocenters. The highest BCUT2D eigenvalue weighted by Crippen LogP contribution is 2.24. The van der Waals surface area contributed by atoms with Gasteiger partial charge in [-0.1, -0.05) is 22.2 Å². The summed E-state index contributed by atoms with van der Waals surface area (Å²) in [6.07, 6.45) is 0. The van der Waals surface area contributed by atoms with Crippen molar-refractivity contribution in [2.24, 2.45) is 0 Å². The molecule has 7 nitrogen and oxygen atoms in total. The van der Waals surface area contributed by atoms with Crippen molar-refractivity contribution in [3.05, 3.63) is 29.3 Å². The Labute approximate surface area is 151 Å². The van der Waals surface area contributed by atoms with E-state index in [4.69, 9.17) is 21.7 Å². The molecule has 1 aromatic carbocycles. The van der Waals surface area contributed by atoms with E-state index in [1.807, 2.05) is 0 Å². The lowest BCUT2D eigenvalue weighted by molar-refractivity contribution is -0.712. The summed E-state index contributed by atoms with van der Waals surface area (Å²) < 4.78 is 6.67. The first-order valence-electron chi connectivity index (χ1n) is 7.14. The van der Waals surface area contributed by atoms with Crippen LogP contribution in [-0.4, -0.2) is 54.7 Å². The summed E-state index contributed by atoms with van der Waals surface area (Å²) in [5, 5.41) is 8.59. The SMILES string of the molecule is COC(=N)[N+](C(=O)NSc1cccc(Cl)c1)(C(=O)N(C)C)C(C)C. The molecule has 24 heavy (non-hydrogen) atoms. The first-order valence-corrected chi connectivity index (χ1v) is 8.34. The van der Waals surface area contributed by atoms with E-state index in [0.29, 0.717) is 9.92 Å². The topological polar surface area (TPSA) is 82.5 Å². The molecule has 0 fully saturated rings. The number of quaternary nitrogens is 1. The van der Waals surface area contributed by atoms with Crippen LogP contribution in [0.3, 0.4) is 0 Å². The zero-order valence-electron chi connectivity index (χ0n) is 14.3. The number of nitrogens with one attached hydrogen (secondary N) is 2. The molecule has 4 amide bonds. The van der Waals surface area contributed by atoms with Crippen LogP contribution in [0.5, 0.6) is 0 Å². The molecule has 132 valence electrons. The minimum absolute atomic E-state index is 0.451. The molecule has 2 N–H and O–H groups in total. The van der Waals surface area contributed by atoms with Crippen LogP contribution in [0.25, 0.3) is 0 Å². The number of amides is 4. The highest BCUT2D eigenvalue weighted by molar-refractivity contribution is 7.98. The van der Waals surface area contributed by atoms with E-state index in [0.717, 1.165) is 11.9 Å². The second-order valence-corrected chi connectivity index (χ2v) is 6.79. The molecule has 1 aromatic rings. The molecule has 0 radical (unpaired) electrons. The second-order valence-electron chi connectivity index (χ2n) is 5.47. The van der Waals surface area contributed by atoms with E-state index < -0.39 is 28.6 Å². The minimum atomic E-state index is -0.906. The number of carbonyl (C=O) groups is 2. The average Bonchev–Trinajstić information content (AvgIpc) is 2.52. The number of nitrogens with zero attached hydrogens (tertiary/aromatic N) is 2. The van der Waals surface area contributed by atoms with Crippen LogP contribution in [-0.2, 0) is 4.74 Å². The maximum absolute atomic E-state index is 12.9. The number of rotatable bonds is 3. The van der Waals surface area contributed by atoms with E-state index in [9.17, 15) is 9.59 Å². The van der Waals surface area contributed by atoms with Crippen LogP contribution in [0, 0.1) is 5.41 Å². The monoisotopic (exact) mass is 373 g/mol. The molecule has 0 aliphatic rings. The molecule has 1 rings (SSSR count). The number of urea groups is 2. The third-order valence-corrected chi connectivity index (χ3v) is 4.35. The van der Waals surface area contributed by atoms with Gasteiger partial charge in [0.1, 0.15) is 6.04 Å².